The molecule has 4 rings (SSSR count). The predicted octanol–water partition coefficient (Wildman–Crippen LogP) is 2.26. The van der Waals surface area contributed by atoms with Gasteiger partial charge in [-0.3, -0.25) is 4.79 Å². The molecule has 0 radical (unpaired) electrons. The number of sulfonamides is 1. The number of ketones is 1. The van der Waals surface area contributed by atoms with Gasteiger partial charge in [0.15, 0.2) is 0 Å². The number of fused-ring (bicyclic) bond motifs is 2. The zero-order chi connectivity index (χ0) is 18.6. The lowest BCUT2D eigenvalue weighted by molar-refractivity contribution is -0.128. The third-order valence-electron chi connectivity index (χ3n) is 6.99. The van der Waals surface area contributed by atoms with Crippen molar-refractivity contribution < 1.29 is 17.9 Å². The zero-order valence-corrected chi connectivity index (χ0v) is 16.2. The van der Waals surface area contributed by atoms with Gasteiger partial charge < -0.3 is 4.74 Å². The van der Waals surface area contributed by atoms with Gasteiger partial charge in [0.05, 0.1) is 12.3 Å². The fraction of sp³-hybridized carbons (Fsp3) is 0.684. The Kier molecular flexibility index (Phi) is 4.15. The number of carbonyl (C=O) groups is 1. The molecule has 1 aliphatic heterocycles. The number of rotatable bonds is 5. The topological polar surface area (TPSA) is 76.6 Å². The molecule has 1 saturated heterocycles. The Balaban J connectivity index is 1.47. The summed E-state index contributed by atoms with van der Waals surface area (Å²) in [5, 5.41) is 0. The molecule has 3 fully saturated rings. The highest BCUT2D eigenvalue weighted by Gasteiger charge is 2.65. The fourth-order valence-corrected chi connectivity index (χ4v) is 7.40. The highest BCUT2D eigenvalue weighted by Crippen LogP contribution is 2.64. The lowest BCUT2D eigenvalue weighted by Crippen LogP contribution is -2.46. The van der Waals surface area contributed by atoms with Crippen molar-refractivity contribution >= 4 is 15.8 Å². The number of hydrogen-bond donors (Lipinski definition) is 0. The van der Waals surface area contributed by atoms with Crippen LogP contribution in [0.2, 0.25) is 0 Å². The molecule has 1 aromatic heterocycles. The van der Waals surface area contributed by atoms with Crippen LogP contribution in [-0.4, -0.2) is 48.4 Å². The maximum absolute atomic E-state index is 13.1. The van der Waals surface area contributed by atoms with Gasteiger partial charge in [0.25, 0.3) is 0 Å². The van der Waals surface area contributed by atoms with Crippen LogP contribution in [0, 0.1) is 16.7 Å². The molecule has 0 spiro atoms. The van der Waals surface area contributed by atoms with Crippen LogP contribution in [0.25, 0.3) is 0 Å². The summed E-state index contributed by atoms with van der Waals surface area (Å²) in [5.41, 5.74) is -0.947. The van der Waals surface area contributed by atoms with Gasteiger partial charge in [0.2, 0.25) is 15.9 Å². The van der Waals surface area contributed by atoms with E-state index in [0.717, 1.165) is 6.42 Å². The average molecular weight is 378 g/mol. The van der Waals surface area contributed by atoms with Crippen LogP contribution in [0.1, 0.15) is 39.5 Å². The van der Waals surface area contributed by atoms with Crippen molar-refractivity contribution in [3.05, 3.63) is 24.4 Å². The molecule has 142 valence electrons. The van der Waals surface area contributed by atoms with Gasteiger partial charge >= 0.3 is 0 Å². The van der Waals surface area contributed by atoms with Crippen LogP contribution >= 0.6 is 0 Å². The molecular weight excluding hydrogens is 352 g/mol. The minimum Gasteiger partial charge on any atom is -0.473 e. The number of ether oxygens (including phenoxy) is 1. The first kappa shape index (κ1) is 17.9. The molecule has 1 aromatic rings. The molecule has 2 heterocycles. The van der Waals surface area contributed by atoms with Crippen molar-refractivity contribution in [1.29, 1.82) is 0 Å². The monoisotopic (exact) mass is 378 g/mol. The van der Waals surface area contributed by atoms with E-state index in [0.29, 0.717) is 44.1 Å². The van der Waals surface area contributed by atoms with Crippen molar-refractivity contribution in [2.24, 2.45) is 16.7 Å². The Bertz CT molecular complexity index is 808. The van der Waals surface area contributed by atoms with E-state index in [2.05, 4.69) is 18.8 Å². The second-order valence-electron chi connectivity index (χ2n) is 8.48. The van der Waals surface area contributed by atoms with Crippen LogP contribution in [-0.2, 0) is 14.8 Å². The van der Waals surface area contributed by atoms with Crippen LogP contribution in [0.4, 0.5) is 0 Å². The molecule has 3 atom stereocenters. The quantitative estimate of drug-likeness (QED) is 0.785. The van der Waals surface area contributed by atoms with E-state index < -0.39 is 15.4 Å². The Labute approximate surface area is 155 Å². The van der Waals surface area contributed by atoms with E-state index in [1.54, 1.807) is 12.3 Å². The molecule has 6 nitrogen and oxygen atoms in total. The Morgan fingerprint density at radius 2 is 2.12 bits per heavy atom. The summed E-state index contributed by atoms with van der Waals surface area (Å²) in [6.45, 7) is 4.91. The van der Waals surface area contributed by atoms with Crippen molar-refractivity contribution in [1.82, 2.24) is 9.29 Å². The molecule has 2 saturated carbocycles. The molecule has 26 heavy (non-hydrogen) atoms. The minimum absolute atomic E-state index is 0.0569. The smallest absolute Gasteiger partial charge is 0.215 e. The van der Waals surface area contributed by atoms with Gasteiger partial charge in [0, 0.05) is 30.6 Å². The SMILES string of the molecule is CC1(C)C2CCC1(CS(=O)(=O)N1CCC(Oc3ccccn3)C1)C(=O)C2. The predicted molar refractivity (Wildman–Crippen MR) is 97.2 cm³/mol. The van der Waals surface area contributed by atoms with Crippen molar-refractivity contribution in [2.45, 2.75) is 45.6 Å². The molecule has 2 bridgehead atoms. The van der Waals surface area contributed by atoms with Gasteiger partial charge in [-0.2, -0.15) is 4.31 Å². The summed E-state index contributed by atoms with van der Waals surface area (Å²) in [5.74, 6) is 0.923. The van der Waals surface area contributed by atoms with Gasteiger partial charge in [-0.15, -0.1) is 0 Å². The molecule has 3 unspecified atom stereocenters. The highest BCUT2D eigenvalue weighted by molar-refractivity contribution is 7.89. The molecule has 0 N–H and O–H groups in total. The standard InChI is InChI=1S/C19H26N2O4S/c1-18(2)14-6-8-19(18,16(22)11-14)13-26(23,24)21-10-7-15(12-21)25-17-5-3-4-9-20-17/h3-5,9,14-15H,6-8,10-13H2,1-2H3. The number of nitrogens with zero attached hydrogens (tertiary/aromatic N) is 2. The summed E-state index contributed by atoms with van der Waals surface area (Å²) in [7, 11) is -3.50. The lowest BCUT2D eigenvalue weighted by atomic mass is 9.70. The fourth-order valence-electron chi connectivity index (χ4n) is 5.14. The van der Waals surface area contributed by atoms with Crippen LogP contribution in [0.5, 0.6) is 5.88 Å². The van der Waals surface area contributed by atoms with E-state index in [-0.39, 0.29) is 23.1 Å². The van der Waals surface area contributed by atoms with E-state index in [9.17, 15) is 13.2 Å². The zero-order valence-electron chi connectivity index (χ0n) is 15.3. The second kappa shape index (κ2) is 6.02. The van der Waals surface area contributed by atoms with E-state index in [1.165, 1.54) is 4.31 Å². The number of carbonyl (C=O) groups excluding carboxylic acids is 1. The van der Waals surface area contributed by atoms with Crippen molar-refractivity contribution in [3.8, 4) is 5.88 Å². The molecule has 2 aliphatic carbocycles. The third-order valence-corrected chi connectivity index (χ3v) is 8.97. The van der Waals surface area contributed by atoms with Gasteiger partial charge in [-0.1, -0.05) is 19.9 Å². The summed E-state index contributed by atoms with van der Waals surface area (Å²) >= 11 is 0. The molecule has 0 aromatic carbocycles. The Morgan fingerprint density at radius 1 is 1.31 bits per heavy atom. The molecule has 3 aliphatic rings. The van der Waals surface area contributed by atoms with Gasteiger partial charge in [-0.05, 0) is 36.7 Å². The maximum atomic E-state index is 13.1. The highest BCUT2D eigenvalue weighted by atomic mass is 32.2. The van der Waals surface area contributed by atoms with Gasteiger partial charge in [-0.25, -0.2) is 13.4 Å². The number of pyridine rings is 1. The van der Waals surface area contributed by atoms with Crippen molar-refractivity contribution in [3.63, 3.8) is 0 Å². The second-order valence-corrected chi connectivity index (χ2v) is 10.4. The van der Waals surface area contributed by atoms with Crippen LogP contribution < -0.4 is 4.74 Å². The lowest BCUT2D eigenvalue weighted by Gasteiger charge is -2.37. The van der Waals surface area contributed by atoms with E-state index in [4.69, 9.17) is 4.74 Å². The van der Waals surface area contributed by atoms with E-state index in [1.807, 2.05) is 12.1 Å². The average Bonchev–Trinajstić information content (AvgIpc) is 3.19. The Hall–Kier alpha value is -1.47. The van der Waals surface area contributed by atoms with E-state index >= 15 is 0 Å². The first-order chi connectivity index (χ1) is 12.2. The summed E-state index contributed by atoms with van der Waals surface area (Å²) in [6.07, 6.45) is 4.30. The normalized spacial score (nSPS) is 33.7. The van der Waals surface area contributed by atoms with Crippen LogP contribution in [0.3, 0.4) is 0 Å². The summed E-state index contributed by atoms with van der Waals surface area (Å²) in [6, 6.07) is 5.43. The number of Topliss-reactive ketones (excluding diaryl/α,β-unsaturated/α-hetero) is 1. The number of hydrogen-bond acceptors (Lipinski definition) is 5. The number of aromatic nitrogens is 1. The summed E-state index contributed by atoms with van der Waals surface area (Å²) < 4.78 is 33.5. The maximum Gasteiger partial charge on any atom is 0.215 e. The first-order valence-electron chi connectivity index (χ1n) is 9.33. The molecule has 0 amide bonds. The first-order valence-corrected chi connectivity index (χ1v) is 10.9. The molecule has 7 heteroatoms. The van der Waals surface area contributed by atoms with Crippen molar-refractivity contribution in [2.75, 3.05) is 18.8 Å². The Morgan fingerprint density at radius 3 is 2.73 bits per heavy atom. The third kappa shape index (κ3) is 2.67. The van der Waals surface area contributed by atoms with Gasteiger partial charge in [0.1, 0.15) is 11.9 Å². The molecular formula is C19H26N2O4S. The van der Waals surface area contributed by atoms with Crippen LogP contribution in [0.15, 0.2) is 24.4 Å². The summed E-state index contributed by atoms with van der Waals surface area (Å²) in [4.78, 5) is 16.8. The largest absolute Gasteiger partial charge is 0.473 e. The minimum atomic E-state index is -3.50.